The zero-order valence-corrected chi connectivity index (χ0v) is 17.1. The average Bonchev–Trinajstić information content (AvgIpc) is 2.66. The first kappa shape index (κ1) is 20.5. The highest BCUT2D eigenvalue weighted by atomic mass is 35.5. The maximum Gasteiger partial charge on any atom is 0.339 e. The molecule has 0 fully saturated rings. The molecule has 1 amide bonds. The second-order valence-electron chi connectivity index (χ2n) is 5.57. The lowest BCUT2D eigenvalue weighted by Gasteiger charge is -2.12. The Morgan fingerprint density at radius 3 is 2.25 bits per heavy atom. The number of hydrogen-bond acceptors (Lipinski definition) is 4. The predicted molar refractivity (Wildman–Crippen MR) is 110 cm³/mol. The standard InChI is InChI=1S/C19H12Cl3NO4S/c20-12-6-9-18(27-28(25,26)14-4-2-1-3-5-14)15(10-12)19(24)23-13-7-8-16(21)17(22)11-13/h1-11H,(H,23,24). The number of carbonyl (C=O) groups excluding carboxylic acids is 1. The van der Waals surface area contributed by atoms with Crippen molar-refractivity contribution in [3.8, 4) is 5.75 Å². The molecule has 0 aliphatic heterocycles. The summed E-state index contributed by atoms with van der Waals surface area (Å²) in [5, 5.41) is 3.44. The fourth-order valence-corrected chi connectivity index (χ4v) is 3.72. The molecule has 0 aliphatic carbocycles. The van der Waals surface area contributed by atoms with E-state index in [2.05, 4.69) is 5.32 Å². The van der Waals surface area contributed by atoms with Crippen LogP contribution in [0.1, 0.15) is 10.4 Å². The molecular formula is C19H12Cl3NO4S. The Hall–Kier alpha value is -2.25. The molecule has 0 bridgehead atoms. The zero-order chi connectivity index (χ0) is 20.3. The maximum absolute atomic E-state index is 12.7. The number of anilines is 1. The maximum atomic E-state index is 12.7. The molecular weight excluding hydrogens is 445 g/mol. The zero-order valence-electron chi connectivity index (χ0n) is 14.0. The van der Waals surface area contributed by atoms with Crippen LogP contribution in [0.2, 0.25) is 15.1 Å². The number of nitrogens with one attached hydrogen (secondary N) is 1. The van der Waals surface area contributed by atoms with Gasteiger partial charge < -0.3 is 9.50 Å². The van der Waals surface area contributed by atoms with Gasteiger partial charge in [0.25, 0.3) is 5.91 Å². The second-order valence-corrected chi connectivity index (χ2v) is 8.37. The Morgan fingerprint density at radius 1 is 0.857 bits per heavy atom. The van der Waals surface area contributed by atoms with Crippen molar-refractivity contribution in [2.45, 2.75) is 4.90 Å². The first-order chi connectivity index (χ1) is 13.3. The molecule has 0 heterocycles. The summed E-state index contributed by atoms with van der Waals surface area (Å²) >= 11 is 17.8. The molecule has 0 unspecified atom stereocenters. The van der Waals surface area contributed by atoms with E-state index in [9.17, 15) is 13.2 Å². The quantitative estimate of drug-likeness (QED) is 0.502. The van der Waals surface area contributed by atoms with Crippen molar-refractivity contribution < 1.29 is 17.4 Å². The van der Waals surface area contributed by atoms with Gasteiger partial charge in [-0.05, 0) is 48.5 Å². The number of carbonyl (C=O) groups is 1. The van der Waals surface area contributed by atoms with Crippen LogP contribution in [0.15, 0.2) is 71.6 Å². The normalized spacial score (nSPS) is 11.1. The Kier molecular flexibility index (Phi) is 6.15. The van der Waals surface area contributed by atoms with E-state index in [1.165, 1.54) is 42.5 Å². The predicted octanol–water partition coefficient (Wildman–Crippen LogP) is 5.67. The van der Waals surface area contributed by atoms with Crippen LogP contribution < -0.4 is 9.50 Å². The molecule has 0 aliphatic rings. The molecule has 0 saturated heterocycles. The van der Waals surface area contributed by atoms with Gasteiger partial charge in [0, 0.05) is 10.7 Å². The Morgan fingerprint density at radius 2 is 1.57 bits per heavy atom. The van der Waals surface area contributed by atoms with E-state index >= 15 is 0 Å². The summed E-state index contributed by atoms with van der Waals surface area (Å²) in [4.78, 5) is 12.6. The monoisotopic (exact) mass is 455 g/mol. The van der Waals surface area contributed by atoms with Crippen molar-refractivity contribution >= 4 is 56.5 Å². The molecule has 3 aromatic carbocycles. The molecule has 0 spiro atoms. The lowest BCUT2D eigenvalue weighted by molar-refractivity contribution is 0.102. The lowest BCUT2D eigenvalue weighted by Crippen LogP contribution is -2.16. The van der Waals surface area contributed by atoms with Crippen LogP contribution in [0.3, 0.4) is 0 Å². The van der Waals surface area contributed by atoms with Gasteiger partial charge in [-0.2, -0.15) is 8.42 Å². The fourth-order valence-electron chi connectivity index (χ4n) is 2.28. The summed E-state index contributed by atoms with van der Waals surface area (Å²) in [6, 6.07) is 16.2. The molecule has 5 nitrogen and oxygen atoms in total. The third kappa shape index (κ3) is 4.77. The number of amides is 1. The summed E-state index contributed by atoms with van der Waals surface area (Å²) < 4.78 is 30.1. The highest BCUT2D eigenvalue weighted by molar-refractivity contribution is 7.87. The minimum atomic E-state index is -4.13. The second kappa shape index (κ2) is 8.41. The van der Waals surface area contributed by atoms with Crippen molar-refractivity contribution in [3.05, 3.63) is 87.4 Å². The minimum absolute atomic E-state index is 0.0409. The van der Waals surface area contributed by atoms with Crippen LogP contribution in [-0.2, 0) is 10.1 Å². The van der Waals surface area contributed by atoms with Gasteiger partial charge in [-0.15, -0.1) is 0 Å². The van der Waals surface area contributed by atoms with Crippen molar-refractivity contribution in [1.29, 1.82) is 0 Å². The average molecular weight is 457 g/mol. The summed E-state index contributed by atoms with van der Waals surface area (Å²) in [7, 11) is -4.13. The van der Waals surface area contributed by atoms with E-state index in [1.54, 1.807) is 24.3 Å². The van der Waals surface area contributed by atoms with Gasteiger partial charge in [-0.3, -0.25) is 4.79 Å². The fraction of sp³-hybridized carbons (Fsp3) is 0. The van der Waals surface area contributed by atoms with Crippen LogP contribution in [0.25, 0.3) is 0 Å². The highest BCUT2D eigenvalue weighted by Gasteiger charge is 2.21. The first-order valence-electron chi connectivity index (χ1n) is 7.82. The van der Waals surface area contributed by atoms with E-state index in [0.29, 0.717) is 10.7 Å². The molecule has 0 atom stereocenters. The van der Waals surface area contributed by atoms with Crippen LogP contribution in [0.5, 0.6) is 5.75 Å². The highest BCUT2D eigenvalue weighted by Crippen LogP contribution is 2.29. The summed E-state index contributed by atoms with van der Waals surface area (Å²) in [6.07, 6.45) is 0. The van der Waals surface area contributed by atoms with E-state index in [-0.39, 0.29) is 26.3 Å². The van der Waals surface area contributed by atoms with E-state index < -0.39 is 16.0 Å². The molecule has 0 saturated carbocycles. The molecule has 9 heteroatoms. The summed E-state index contributed by atoms with van der Waals surface area (Å²) in [5.41, 5.74) is 0.314. The van der Waals surface area contributed by atoms with Gasteiger partial charge in [-0.1, -0.05) is 53.0 Å². The van der Waals surface area contributed by atoms with Crippen LogP contribution in [-0.4, -0.2) is 14.3 Å². The van der Waals surface area contributed by atoms with Gasteiger partial charge in [0.1, 0.15) is 4.90 Å². The molecule has 0 aromatic heterocycles. The van der Waals surface area contributed by atoms with Crippen LogP contribution in [0.4, 0.5) is 5.69 Å². The third-order valence-corrected chi connectivity index (χ3v) is 5.82. The van der Waals surface area contributed by atoms with Gasteiger partial charge in [-0.25, -0.2) is 0 Å². The molecule has 1 N–H and O–H groups in total. The van der Waals surface area contributed by atoms with Crippen molar-refractivity contribution in [2.24, 2.45) is 0 Å². The van der Waals surface area contributed by atoms with Crippen LogP contribution >= 0.6 is 34.8 Å². The number of rotatable bonds is 5. The number of benzene rings is 3. The van der Waals surface area contributed by atoms with Crippen molar-refractivity contribution in [1.82, 2.24) is 0 Å². The van der Waals surface area contributed by atoms with Gasteiger partial charge in [0.2, 0.25) is 0 Å². The van der Waals surface area contributed by atoms with Gasteiger partial charge >= 0.3 is 10.1 Å². The molecule has 28 heavy (non-hydrogen) atoms. The third-order valence-electron chi connectivity index (χ3n) is 3.60. The number of halogens is 3. The number of hydrogen-bond donors (Lipinski definition) is 1. The van der Waals surface area contributed by atoms with E-state index in [0.717, 1.165) is 0 Å². The van der Waals surface area contributed by atoms with E-state index in [4.69, 9.17) is 39.0 Å². The smallest absolute Gasteiger partial charge is 0.339 e. The Bertz CT molecular complexity index is 1140. The van der Waals surface area contributed by atoms with Crippen molar-refractivity contribution in [2.75, 3.05) is 5.32 Å². The van der Waals surface area contributed by atoms with Gasteiger partial charge in [0.05, 0.1) is 15.6 Å². The lowest BCUT2D eigenvalue weighted by atomic mass is 10.2. The first-order valence-corrected chi connectivity index (χ1v) is 10.4. The Balaban J connectivity index is 1.92. The van der Waals surface area contributed by atoms with Gasteiger partial charge in [0.15, 0.2) is 5.75 Å². The largest absolute Gasteiger partial charge is 0.378 e. The SMILES string of the molecule is O=C(Nc1ccc(Cl)c(Cl)c1)c1cc(Cl)ccc1OS(=O)(=O)c1ccccc1. The van der Waals surface area contributed by atoms with E-state index in [1.807, 2.05) is 0 Å². The van der Waals surface area contributed by atoms with Crippen LogP contribution in [0, 0.1) is 0 Å². The topological polar surface area (TPSA) is 72.5 Å². The Labute approximate surface area is 176 Å². The molecule has 144 valence electrons. The minimum Gasteiger partial charge on any atom is -0.378 e. The molecule has 3 aromatic rings. The summed E-state index contributed by atoms with van der Waals surface area (Å²) in [5.74, 6) is -0.787. The molecule has 0 radical (unpaired) electrons. The van der Waals surface area contributed by atoms with Crippen molar-refractivity contribution in [3.63, 3.8) is 0 Å². The molecule has 3 rings (SSSR count). The summed E-state index contributed by atoms with van der Waals surface area (Å²) in [6.45, 7) is 0.